The van der Waals surface area contributed by atoms with Crippen LogP contribution in [-0.4, -0.2) is 0 Å². The maximum Gasteiger partial charge on any atom is 0.0869 e. The molecule has 1 saturated carbocycles. The van der Waals surface area contributed by atoms with Gasteiger partial charge in [0.2, 0.25) is 0 Å². The Hall–Kier alpha value is -1.25. The molecule has 0 spiro atoms. The van der Waals surface area contributed by atoms with Crippen molar-refractivity contribution in [2.75, 3.05) is 0 Å². The largest absolute Gasteiger partial charge is 0.305 e. The van der Waals surface area contributed by atoms with Gasteiger partial charge in [-0.15, -0.1) is 0 Å². The third kappa shape index (κ3) is 8.18. The first-order valence-corrected chi connectivity index (χ1v) is 12.5. The lowest BCUT2D eigenvalue weighted by atomic mass is 9.77. The van der Waals surface area contributed by atoms with Crippen LogP contribution in [0.4, 0.5) is 0 Å². The minimum atomic E-state index is 0.658. The molecule has 0 radical (unpaired) electrons. The highest BCUT2D eigenvalue weighted by Gasteiger charge is 2.22. The van der Waals surface area contributed by atoms with Gasteiger partial charge >= 0.3 is 0 Å². The number of hydrogen-bond acceptors (Lipinski definition) is 2. The maximum atomic E-state index is 5.79. The Morgan fingerprint density at radius 2 is 1.48 bits per heavy atom. The summed E-state index contributed by atoms with van der Waals surface area (Å²) in [6.45, 7) is 2.95. The summed E-state index contributed by atoms with van der Waals surface area (Å²) in [6, 6.07) is 19.5. The van der Waals surface area contributed by atoms with Gasteiger partial charge < -0.3 is 4.18 Å². The topological polar surface area (TPSA) is 9.23 Å². The van der Waals surface area contributed by atoms with Gasteiger partial charge in [0.1, 0.15) is 0 Å². The van der Waals surface area contributed by atoms with Gasteiger partial charge in [-0.05, 0) is 60.8 Å². The molecule has 0 aliphatic heterocycles. The van der Waals surface area contributed by atoms with Crippen LogP contribution in [0.15, 0.2) is 59.5 Å². The smallest absolute Gasteiger partial charge is 0.0869 e. The summed E-state index contributed by atoms with van der Waals surface area (Å²) in [6.07, 6.45) is 15.6. The number of benzene rings is 2. The van der Waals surface area contributed by atoms with Crippen molar-refractivity contribution >= 4 is 12.0 Å². The van der Waals surface area contributed by atoms with Crippen LogP contribution in [0, 0.1) is 5.92 Å². The van der Waals surface area contributed by atoms with Crippen LogP contribution < -0.4 is 0 Å². The Labute approximate surface area is 182 Å². The van der Waals surface area contributed by atoms with Gasteiger partial charge in [-0.2, -0.15) is 0 Å². The first kappa shape index (κ1) is 22.4. The molecule has 0 amide bonds. The first-order chi connectivity index (χ1) is 14.3. The SMILES string of the molecule is CCCCCCCCC1CCC(c2ccc(COSc3ccccc3)cc2)CC1. The van der Waals surface area contributed by atoms with Crippen LogP contribution in [0.3, 0.4) is 0 Å². The molecule has 1 aliphatic rings. The zero-order valence-corrected chi connectivity index (χ0v) is 19.0. The second-order valence-corrected chi connectivity index (χ2v) is 9.55. The number of rotatable bonds is 12. The summed E-state index contributed by atoms with van der Waals surface area (Å²) in [7, 11) is 0. The molecule has 0 heterocycles. The third-order valence-corrected chi connectivity index (χ3v) is 7.09. The quantitative estimate of drug-likeness (QED) is 0.255. The number of unbranched alkanes of at least 4 members (excludes halogenated alkanes) is 5. The maximum absolute atomic E-state index is 5.79. The Bertz CT molecular complexity index is 659. The van der Waals surface area contributed by atoms with Gasteiger partial charge in [0, 0.05) is 16.9 Å². The van der Waals surface area contributed by atoms with E-state index in [4.69, 9.17) is 4.18 Å². The summed E-state index contributed by atoms with van der Waals surface area (Å²) >= 11 is 1.46. The fraction of sp³-hybridized carbons (Fsp3) is 0.556. The average Bonchev–Trinajstić information content (AvgIpc) is 2.78. The van der Waals surface area contributed by atoms with E-state index in [9.17, 15) is 0 Å². The van der Waals surface area contributed by atoms with Crippen LogP contribution in [0.25, 0.3) is 0 Å². The van der Waals surface area contributed by atoms with E-state index in [0.717, 1.165) is 16.7 Å². The van der Waals surface area contributed by atoms with Gasteiger partial charge in [0.05, 0.1) is 6.61 Å². The summed E-state index contributed by atoms with van der Waals surface area (Å²) in [5.41, 5.74) is 2.79. The molecule has 0 unspecified atom stereocenters. The minimum absolute atomic E-state index is 0.658. The molecule has 1 aliphatic carbocycles. The molecule has 1 fully saturated rings. The Balaban J connectivity index is 1.32. The van der Waals surface area contributed by atoms with Crippen molar-refractivity contribution in [1.29, 1.82) is 0 Å². The van der Waals surface area contributed by atoms with Crippen molar-refractivity contribution in [3.63, 3.8) is 0 Å². The fourth-order valence-corrected chi connectivity index (χ4v) is 5.12. The van der Waals surface area contributed by atoms with E-state index in [0.29, 0.717) is 6.61 Å². The van der Waals surface area contributed by atoms with E-state index in [1.807, 2.05) is 18.2 Å². The molecule has 158 valence electrons. The van der Waals surface area contributed by atoms with E-state index in [2.05, 4.69) is 43.3 Å². The Morgan fingerprint density at radius 3 is 2.21 bits per heavy atom. The highest BCUT2D eigenvalue weighted by Crippen LogP contribution is 2.38. The van der Waals surface area contributed by atoms with Gasteiger partial charge in [-0.3, -0.25) is 0 Å². The predicted molar refractivity (Wildman–Crippen MR) is 126 cm³/mol. The molecular formula is C27H38OS. The number of hydrogen-bond donors (Lipinski definition) is 0. The molecule has 0 atom stereocenters. The van der Waals surface area contributed by atoms with E-state index in [-0.39, 0.29) is 0 Å². The molecule has 0 aromatic heterocycles. The lowest BCUT2D eigenvalue weighted by Gasteiger charge is -2.29. The fourth-order valence-electron chi connectivity index (χ4n) is 4.53. The zero-order chi connectivity index (χ0) is 20.2. The van der Waals surface area contributed by atoms with Gasteiger partial charge in [0.25, 0.3) is 0 Å². The van der Waals surface area contributed by atoms with Crippen LogP contribution in [-0.2, 0) is 10.8 Å². The molecule has 0 saturated heterocycles. The van der Waals surface area contributed by atoms with Crippen LogP contribution >= 0.6 is 12.0 Å². The zero-order valence-electron chi connectivity index (χ0n) is 18.2. The Morgan fingerprint density at radius 1 is 0.793 bits per heavy atom. The molecule has 2 aromatic carbocycles. The van der Waals surface area contributed by atoms with E-state index in [1.165, 1.54) is 93.8 Å². The molecule has 2 aromatic rings. The molecule has 29 heavy (non-hydrogen) atoms. The Kier molecular flexibility index (Phi) is 10.2. The molecule has 0 bridgehead atoms. The lowest BCUT2D eigenvalue weighted by molar-refractivity contribution is 0.301. The summed E-state index contributed by atoms with van der Waals surface area (Å²) in [4.78, 5) is 1.15. The van der Waals surface area contributed by atoms with E-state index < -0.39 is 0 Å². The van der Waals surface area contributed by atoms with Crippen molar-refractivity contribution in [3.05, 3.63) is 65.7 Å². The van der Waals surface area contributed by atoms with Crippen LogP contribution in [0.2, 0.25) is 0 Å². The third-order valence-electron chi connectivity index (χ3n) is 6.39. The predicted octanol–water partition coefficient (Wildman–Crippen LogP) is 8.93. The van der Waals surface area contributed by atoms with Gasteiger partial charge in [-0.1, -0.05) is 94.3 Å². The van der Waals surface area contributed by atoms with Gasteiger partial charge in [0.15, 0.2) is 0 Å². The van der Waals surface area contributed by atoms with Crippen molar-refractivity contribution < 1.29 is 4.18 Å². The monoisotopic (exact) mass is 410 g/mol. The highest BCUT2D eigenvalue weighted by molar-refractivity contribution is 7.94. The normalized spacial score (nSPS) is 19.3. The van der Waals surface area contributed by atoms with Crippen molar-refractivity contribution in [1.82, 2.24) is 0 Å². The standard InChI is InChI=1S/C27H38OS/c1-2-3-4-5-6-8-11-23-14-18-25(19-15-23)26-20-16-24(17-21-26)22-28-29-27-12-9-7-10-13-27/h7,9-10,12-13,16-17,20-21,23,25H,2-6,8,11,14-15,18-19,22H2,1H3. The molecule has 1 nitrogen and oxygen atoms in total. The molecule has 2 heteroatoms. The summed E-state index contributed by atoms with van der Waals surface area (Å²) < 4.78 is 5.79. The highest BCUT2D eigenvalue weighted by atomic mass is 32.2. The lowest BCUT2D eigenvalue weighted by Crippen LogP contribution is -2.13. The molecule has 0 N–H and O–H groups in total. The molecule has 3 rings (SSSR count). The minimum Gasteiger partial charge on any atom is -0.305 e. The summed E-state index contributed by atoms with van der Waals surface area (Å²) in [5, 5.41) is 0. The second-order valence-electron chi connectivity index (χ2n) is 8.67. The van der Waals surface area contributed by atoms with Crippen molar-refractivity contribution in [3.8, 4) is 0 Å². The van der Waals surface area contributed by atoms with Gasteiger partial charge in [-0.25, -0.2) is 0 Å². The van der Waals surface area contributed by atoms with Crippen molar-refractivity contribution in [2.24, 2.45) is 5.92 Å². The van der Waals surface area contributed by atoms with Crippen LogP contribution in [0.5, 0.6) is 0 Å². The van der Waals surface area contributed by atoms with Crippen LogP contribution in [0.1, 0.15) is 94.6 Å². The average molecular weight is 411 g/mol. The van der Waals surface area contributed by atoms with Crippen molar-refractivity contribution in [2.45, 2.75) is 95.0 Å². The molecular weight excluding hydrogens is 372 g/mol. The first-order valence-electron chi connectivity index (χ1n) is 11.8. The van der Waals surface area contributed by atoms with E-state index in [1.54, 1.807) is 0 Å². The summed E-state index contributed by atoms with van der Waals surface area (Å²) in [5.74, 6) is 1.75. The van der Waals surface area contributed by atoms with E-state index >= 15 is 0 Å². The second kappa shape index (κ2) is 13.1.